The largest absolute Gasteiger partial charge is 0.318 e. The molecule has 0 bridgehead atoms. The van der Waals surface area contributed by atoms with Gasteiger partial charge >= 0.3 is 0 Å². The number of halogens is 1. The van der Waals surface area contributed by atoms with Gasteiger partial charge in [-0.3, -0.25) is 9.59 Å². The number of benzene rings is 1. The van der Waals surface area contributed by atoms with Crippen LogP contribution in [0.25, 0.3) is 6.08 Å². The van der Waals surface area contributed by atoms with Crippen LogP contribution in [0.3, 0.4) is 0 Å². The summed E-state index contributed by atoms with van der Waals surface area (Å²) in [6.07, 6.45) is 4.73. The van der Waals surface area contributed by atoms with Crippen LogP contribution in [0.1, 0.15) is 5.56 Å². The van der Waals surface area contributed by atoms with E-state index in [1.54, 1.807) is 25.4 Å². The Bertz CT molecular complexity index is 706. The van der Waals surface area contributed by atoms with Crippen LogP contribution in [-0.2, 0) is 11.8 Å². The molecule has 2 rings (SSSR count). The number of anilines is 1. The highest BCUT2D eigenvalue weighted by Gasteiger charge is 2.05. The van der Waals surface area contributed by atoms with E-state index < -0.39 is 0 Å². The Morgan fingerprint density at radius 1 is 1.30 bits per heavy atom. The van der Waals surface area contributed by atoms with E-state index in [0.29, 0.717) is 0 Å². The number of rotatable bonds is 3. The number of nitrogens with zero attached hydrogens (tertiary/aromatic N) is 1. The fourth-order valence-corrected chi connectivity index (χ4v) is 2.21. The fraction of sp³-hybridized carbons (Fsp3) is 0.0667. The maximum Gasteiger partial charge on any atom is 0.274 e. The molecule has 0 aliphatic rings. The first kappa shape index (κ1) is 14.3. The summed E-state index contributed by atoms with van der Waals surface area (Å²) >= 11 is 3.28. The van der Waals surface area contributed by atoms with Crippen molar-refractivity contribution in [3.63, 3.8) is 0 Å². The minimum atomic E-state index is -0.343. The van der Waals surface area contributed by atoms with Gasteiger partial charge < -0.3 is 9.88 Å². The molecule has 1 aromatic heterocycles. The maximum atomic E-state index is 11.8. The summed E-state index contributed by atoms with van der Waals surface area (Å²) in [5.74, 6) is -0.343. The summed E-state index contributed by atoms with van der Waals surface area (Å²) in [4.78, 5) is 23.6. The summed E-state index contributed by atoms with van der Waals surface area (Å²) in [5, 5.41) is 2.57. The molecule has 2 aromatic rings. The normalized spacial score (nSPS) is 10.7. The summed E-state index contributed by atoms with van der Waals surface area (Å²) < 4.78 is 2.13. The molecule has 1 heterocycles. The fourth-order valence-electron chi connectivity index (χ4n) is 1.67. The Labute approximate surface area is 124 Å². The third-order valence-corrected chi connectivity index (χ3v) is 3.07. The van der Waals surface area contributed by atoms with Gasteiger partial charge in [0.15, 0.2) is 0 Å². The molecule has 1 aromatic carbocycles. The minimum absolute atomic E-state index is 0.240. The molecule has 102 valence electrons. The van der Waals surface area contributed by atoms with Gasteiger partial charge in [0.1, 0.15) is 5.69 Å². The molecule has 0 saturated heterocycles. The molecular formula is C15H13BrN2O2. The van der Waals surface area contributed by atoms with E-state index in [-0.39, 0.29) is 17.2 Å². The summed E-state index contributed by atoms with van der Waals surface area (Å²) in [5.41, 5.74) is 0.907. The summed E-state index contributed by atoms with van der Waals surface area (Å²) in [7, 11) is 1.63. The highest BCUT2D eigenvalue weighted by Crippen LogP contribution is 2.11. The van der Waals surface area contributed by atoms with Crippen molar-refractivity contribution in [3.8, 4) is 0 Å². The van der Waals surface area contributed by atoms with Crippen molar-refractivity contribution in [3.05, 3.63) is 69.1 Å². The van der Waals surface area contributed by atoms with E-state index in [4.69, 9.17) is 0 Å². The topological polar surface area (TPSA) is 51.1 Å². The molecule has 0 fully saturated rings. The lowest BCUT2D eigenvalue weighted by molar-refractivity contribution is -0.111. The molecule has 1 amide bonds. The predicted octanol–water partition coefficient (Wildman–Crippen LogP) is 2.80. The van der Waals surface area contributed by atoms with E-state index in [1.807, 2.05) is 30.3 Å². The van der Waals surface area contributed by atoms with Crippen molar-refractivity contribution >= 4 is 33.6 Å². The first-order valence-electron chi connectivity index (χ1n) is 5.96. The van der Waals surface area contributed by atoms with E-state index in [9.17, 15) is 9.59 Å². The van der Waals surface area contributed by atoms with Gasteiger partial charge in [0.05, 0.1) is 0 Å². The van der Waals surface area contributed by atoms with Gasteiger partial charge in [-0.05, 0) is 33.6 Å². The lowest BCUT2D eigenvalue weighted by Crippen LogP contribution is -2.22. The molecule has 0 atom stereocenters. The zero-order valence-electron chi connectivity index (χ0n) is 10.8. The third-order valence-electron chi connectivity index (χ3n) is 2.63. The molecule has 0 unspecified atom stereocenters. The van der Waals surface area contributed by atoms with Crippen molar-refractivity contribution < 1.29 is 4.79 Å². The van der Waals surface area contributed by atoms with Crippen LogP contribution < -0.4 is 10.9 Å². The Morgan fingerprint density at radius 3 is 2.70 bits per heavy atom. The molecule has 0 saturated carbocycles. The number of hydrogen-bond donors (Lipinski definition) is 1. The quantitative estimate of drug-likeness (QED) is 0.878. The minimum Gasteiger partial charge on any atom is -0.318 e. The smallest absolute Gasteiger partial charge is 0.274 e. The lowest BCUT2D eigenvalue weighted by Gasteiger charge is -2.05. The Hall–Kier alpha value is -2.14. The number of amides is 1. The van der Waals surface area contributed by atoms with Crippen LogP contribution in [-0.4, -0.2) is 10.5 Å². The molecule has 1 N–H and O–H groups in total. The van der Waals surface area contributed by atoms with Gasteiger partial charge in [-0.1, -0.05) is 30.3 Å². The van der Waals surface area contributed by atoms with Crippen molar-refractivity contribution in [2.75, 3.05) is 5.32 Å². The van der Waals surface area contributed by atoms with Gasteiger partial charge in [0, 0.05) is 23.8 Å². The standard InChI is InChI=1S/C15H13BrN2O2/c1-18-10-12(16)9-13(15(18)20)17-14(19)8-7-11-5-3-2-4-6-11/h2-10H,1H3,(H,17,19). The number of carbonyl (C=O) groups is 1. The van der Waals surface area contributed by atoms with Crippen LogP contribution in [0.5, 0.6) is 0 Å². The first-order chi connectivity index (χ1) is 9.56. The number of aryl methyl sites for hydroxylation is 1. The molecule has 4 nitrogen and oxygen atoms in total. The van der Waals surface area contributed by atoms with Gasteiger partial charge in [-0.15, -0.1) is 0 Å². The van der Waals surface area contributed by atoms with E-state index in [1.165, 1.54) is 10.6 Å². The summed E-state index contributed by atoms with van der Waals surface area (Å²) in [6, 6.07) is 11.0. The molecule has 0 aliphatic carbocycles. The molecule has 20 heavy (non-hydrogen) atoms. The van der Waals surface area contributed by atoms with E-state index in [0.717, 1.165) is 10.0 Å². The van der Waals surface area contributed by atoms with Crippen LogP contribution in [0.2, 0.25) is 0 Å². The zero-order chi connectivity index (χ0) is 14.5. The Kier molecular flexibility index (Phi) is 4.53. The van der Waals surface area contributed by atoms with Crippen molar-refractivity contribution in [1.29, 1.82) is 0 Å². The van der Waals surface area contributed by atoms with Gasteiger partial charge in [0.25, 0.3) is 5.56 Å². The first-order valence-corrected chi connectivity index (χ1v) is 6.76. The second kappa shape index (κ2) is 6.34. The second-order valence-corrected chi connectivity index (χ2v) is 5.14. The number of carbonyl (C=O) groups excluding carboxylic acids is 1. The molecular weight excluding hydrogens is 320 g/mol. The van der Waals surface area contributed by atoms with Crippen LogP contribution in [0.4, 0.5) is 5.69 Å². The highest BCUT2D eigenvalue weighted by molar-refractivity contribution is 9.10. The second-order valence-electron chi connectivity index (χ2n) is 4.22. The molecule has 0 radical (unpaired) electrons. The van der Waals surface area contributed by atoms with Crippen LogP contribution >= 0.6 is 15.9 Å². The average molecular weight is 333 g/mol. The maximum absolute atomic E-state index is 11.8. The lowest BCUT2D eigenvalue weighted by atomic mass is 10.2. The number of aromatic nitrogens is 1. The number of pyridine rings is 1. The van der Waals surface area contributed by atoms with E-state index in [2.05, 4.69) is 21.2 Å². The summed E-state index contributed by atoms with van der Waals surface area (Å²) in [6.45, 7) is 0. The van der Waals surface area contributed by atoms with Crippen LogP contribution in [0.15, 0.2) is 57.9 Å². The third kappa shape index (κ3) is 3.68. The predicted molar refractivity (Wildman–Crippen MR) is 83.5 cm³/mol. The number of hydrogen-bond acceptors (Lipinski definition) is 2. The molecule has 0 spiro atoms. The van der Waals surface area contributed by atoms with Crippen molar-refractivity contribution in [2.45, 2.75) is 0 Å². The van der Waals surface area contributed by atoms with Crippen molar-refractivity contribution in [2.24, 2.45) is 7.05 Å². The van der Waals surface area contributed by atoms with Gasteiger partial charge in [-0.2, -0.15) is 0 Å². The van der Waals surface area contributed by atoms with E-state index >= 15 is 0 Å². The Balaban J connectivity index is 2.13. The molecule has 0 aliphatic heterocycles. The average Bonchev–Trinajstić information content (AvgIpc) is 2.43. The zero-order valence-corrected chi connectivity index (χ0v) is 12.4. The molecule has 5 heteroatoms. The van der Waals surface area contributed by atoms with Crippen LogP contribution in [0, 0.1) is 0 Å². The van der Waals surface area contributed by atoms with Gasteiger partial charge in [-0.25, -0.2) is 0 Å². The Morgan fingerprint density at radius 2 is 2.00 bits per heavy atom. The van der Waals surface area contributed by atoms with Crippen molar-refractivity contribution in [1.82, 2.24) is 4.57 Å². The number of nitrogens with one attached hydrogen (secondary N) is 1. The monoisotopic (exact) mass is 332 g/mol. The van der Waals surface area contributed by atoms with Gasteiger partial charge in [0.2, 0.25) is 5.91 Å². The SMILES string of the molecule is Cn1cc(Br)cc(NC(=O)C=Cc2ccccc2)c1=O. The highest BCUT2D eigenvalue weighted by atomic mass is 79.9.